The van der Waals surface area contributed by atoms with Crippen LogP contribution >= 0.6 is 11.8 Å². The zero-order chi connectivity index (χ0) is 16.9. The molecule has 1 fully saturated rings. The quantitative estimate of drug-likeness (QED) is 0.602. The van der Waals surface area contributed by atoms with Crippen molar-refractivity contribution < 1.29 is 4.39 Å². The molecule has 1 unspecified atom stereocenters. The maximum Gasteiger partial charge on any atom is 0.124 e. The largest absolute Gasteiger partial charge is 0.368 e. The first kappa shape index (κ1) is 17.3. The highest BCUT2D eigenvalue weighted by molar-refractivity contribution is 8.00. The summed E-state index contributed by atoms with van der Waals surface area (Å²) in [6, 6.07) is 13.3. The van der Waals surface area contributed by atoms with E-state index >= 15 is 0 Å². The van der Waals surface area contributed by atoms with Crippen LogP contribution in [-0.2, 0) is 0 Å². The van der Waals surface area contributed by atoms with E-state index in [1.807, 2.05) is 0 Å². The van der Waals surface area contributed by atoms with Crippen LogP contribution in [0.5, 0.6) is 0 Å². The van der Waals surface area contributed by atoms with Gasteiger partial charge in [-0.3, -0.25) is 0 Å². The second kappa shape index (κ2) is 8.06. The predicted octanol–water partition coefficient (Wildman–Crippen LogP) is 6.94. The molecule has 0 bridgehead atoms. The molecule has 1 N–H and O–H groups in total. The summed E-state index contributed by atoms with van der Waals surface area (Å²) in [6.07, 6.45) is 7.44. The van der Waals surface area contributed by atoms with Crippen molar-refractivity contribution in [3.63, 3.8) is 0 Å². The van der Waals surface area contributed by atoms with Gasteiger partial charge in [0.1, 0.15) is 11.2 Å². The third kappa shape index (κ3) is 4.54. The molecule has 1 aliphatic carbocycles. The molecule has 0 amide bonds. The van der Waals surface area contributed by atoms with Crippen LogP contribution in [0.25, 0.3) is 0 Å². The molecule has 1 aliphatic heterocycles. The van der Waals surface area contributed by atoms with Crippen LogP contribution in [0.4, 0.5) is 10.1 Å². The van der Waals surface area contributed by atoms with E-state index in [-0.39, 0.29) is 11.2 Å². The number of thioether (sulfide) groups is 1. The van der Waals surface area contributed by atoms with Gasteiger partial charge >= 0.3 is 0 Å². The highest BCUT2D eigenvalue weighted by atomic mass is 32.2. The zero-order valence-electron chi connectivity index (χ0n) is 14.5. The lowest BCUT2D eigenvalue weighted by atomic mass is 9.91. The summed E-state index contributed by atoms with van der Waals surface area (Å²) in [7, 11) is 0. The van der Waals surface area contributed by atoms with Crippen molar-refractivity contribution in [3.8, 4) is 0 Å². The van der Waals surface area contributed by atoms with Crippen molar-refractivity contribution in [1.82, 2.24) is 0 Å². The van der Waals surface area contributed by atoms with Gasteiger partial charge in [-0.15, -0.1) is 0 Å². The fraction of sp³-hybridized carbons (Fsp3) is 0.429. The Bertz CT molecular complexity index is 662. The van der Waals surface area contributed by atoms with Gasteiger partial charge in [-0.1, -0.05) is 80.6 Å². The van der Waals surface area contributed by atoms with Crippen molar-refractivity contribution in [2.24, 2.45) is 5.92 Å². The second-order valence-electron chi connectivity index (χ2n) is 6.94. The maximum atomic E-state index is 13.1. The summed E-state index contributed by atoms with van der Waals surface area (Å²) in [5.74, 6) is 0.858. The minimum absolute atomic E-state index is 0.178. The summed E-state index contributed by atoms with van der Waals surface area (Å²) in [5, 5.41) is 3.58. The van der Waals surface area contributed by atoms with Crippen LogP contribution in [-0.4, -0.2) is 0 Å². The van der Waals surface area contributed by atoms with Crippen LogP contribution in [0.3, 0.4) is 0 Å². The summed E-state index contributed by atoms with van der Waals surface area (Å²) in [4.78, 5) is 0.982. The molecular weight excluding hydrogens is 317 g/mol. The van der Waals surface area contributed by atoms with E-state index in [1.165, 1.54) is 49.3 Å². The SMILES string of the molecule is CC1CCCCC1.Cc1ccc(C2Nc3ccc(F)cc3S2)cc1. The van der Waals surface area contributed by atoms with Gasteiger partial charge in [-0.05, 0) is 36.6 Å². The van der Waals surface area contributed by atoms with E-state index in [0.29, 0.717) is 0 Å². The van der Waals surface area contributed by atoms with Gasteiger partial charge in [0.25, 0.3) is 0 Å². The maximum absolute atomic E-state index is 13.1. The highest BCUT2D eigenvalue weighted by Gasteiger charge is 2.22. The van der Waals surface area contributed by atoms with Crippen LogP contribution in [0.2, 0.25) is 0 Å². The van der Waals surface area contributed by atoms with Gasteiger partial charge in [0.2, 0.25) is 0 Å². The van der Waals surface area contributed by atoms with Crippen LogP contribution in [0.1, 0.15) is 55.5 Å². The van der Waals surface area contributed by atoms with Gasteiger partial charge in [-0.25, -0.2) is 4.39 Å². The normalized spacial score (nSPS) is 19.9. The zero-order valence-corrected chi connectivity index (χ0v) is 15.3. The number of aryl methyl sites for hydroxylation is 1. The van der Waals surface area contributed by atoms with Crippen LogP contribution in [0.15, 0.2) is 47.4 Å². The molecule has 1 heterocycles. The average Bonchev–Trinajstić information content (AvgIpc) is 3.00. The molecule has 0 saturated heterocycles. The Morgan fingerprint density at radius 3 is 2.33 bits per heavy atom. The molecule has 1 nitrogen and oxygen atoms in total. The standard InChI is InChI=1S/C14H12FNS.C7H14/c1-9-2-4-10(5-3-9)14-16-12-7-6-11(15)8-13(12)17-14;1-7-5-3-2-4-6-7/h2-8,14,16H,1H3;7H,2-6H2,1H3. The molecule has 1 saturated carbocycles. The average molecular weight is 344 g/mol. The van der Waals surface area contributed by atoms with Crippen molar-refractivity contribution in [2.45, 2.75) is 56.2 Å². The second-order valence-corrected chi connectivity index (χ2v) is 8.08. The number of hydrogen-bond donors (Lipinski definition) is 1. The topological polar surface area (TPSA) is 12.0 Å². The Balaban J connectivity index is 0.000000203. The van der Waals surface area contributed by atoms with E-state index in [9.17, 15) is 4.39 Å². The number of nitrogens with one attached hydrogen (secondary N) is 1. The number of fused-ring (bicyclic) bond motifs is 1. The molecule has 24 heavy (non-hydrogen) atoms. The Hall–Kier alpha value is -1.48. The smallest absolute Gasteiger partial charge is 0.124 e. The third-order valence-electron chi connectivity index (χ3n) is 4.75. The van der Waals surface area contributed by atoms with Crippen molar-refractivity contribution >= 4 is 17.4 Å². The van der Waals surface area contributed by atoms with E-state index in [1.54, 1.807) is 23.9 Å². The highest BCUT2D eigenvalue weighted by Crippen LogP contribution is 2.46. The molecule has 0 spiro atoms. The fourth-order valence-corrected chi connectivity index (χ4v) is 4.38. The Kier molecular flexibility index (Phi) is 5.83. The Morgan fingerprint density at radius 2 is 1.71 bits per heavy atom. The summed E-state index contributed by atoms with van der Waals surface area (Å²) in [5.41, 5.74) is 3.49. The molecule has 1 atom stereocenters. The summed E-state index contributed by atoms with van der Waals surface area (Å²) >= 11 is 1.66. The summed E-state index contributed by atoms with van der Waals surface area (Å²) < 4.78 is 13.1. The molecule has 0 radical (unpaired) electrons. The first-order valence-electron chi connectivity index (χ1n) is 8.91. The molecule has 2 aromatic rings. The Morgan fingerprint density at radius 1 is 1.00 bits per heavy atom. The van der Waals surface area contributed by atoms with Crippen molar-refractivity contribution in [2.75, 3.05) is 5.32 Å². The molecular formula is C21H26FNS. The van der Waals surface area contributed by atoms with E-state index < -0.39 is 0 Å². The fourth-order valence-electron chi connectivity index (χ4n) is 3.21. The lowest BCUT2D eigenvalue weighted by molar-refractivity contribution is 0.385. The Labute approximate surface area is 149 Å². The molecule has 2 aromatic carbocycles. The molecule has 128 valence electrons. The minimum Gasteiger partial charge on any atom is -0.368 e. The molecule has 4 rings (SSSR count). The first-order chi connectivity index (χ1) is 11.6. The first-order valence-corrected chi connectivity index (χ1v) is 9.79. The molecule has 0 aromatic heterocycles. The lowest BCUT2D eigenvalue weighted by Crippen LogP contribution is -2.00. The van der Waals surface area contributed by atoms with Crippen LogP contribution < -0.4 is 5.32 Å². The molecule has 2 aliphatic rings. The van der Waals surface area contributed by atoms with Gasteiger partial charge in [-0.2, -0.15) is 0 Å². The van der Waals surface area contributed by atoms with E-state index in [2.05, 4.69) is 43.4 Å². The van der Waals surface area contributed by atoms with Gasteiger partial charge in [0.15, 0.2) is 0 Å². The van der Waals surface area contributed by atoms with Crippen molar-refractivity contribution in [1.29, 1.82) is 0 Å². The monoisotopic (exact) mass is 343 g/mol. The third-order valence-corrected chi connectivity index (χ3v) is 5.97. The van der Waals surface area contributed by atoms with Gasteiger partial charge < -0.3 is 5.32 Å². The van der Waals surface area contributed by atoms with E-state index in [4.69, 9.17) is 0 Å². The van der Waals surface area contributed by atoms with Crippen molar-refractivity contribution in [3.05, 3.63) is 59.4 Å². The van der Waals surface area contributed by atoms with Gasteiger partial charge in [0.05, 0.1) is 0 Å². The van der Waals surface area contributed by atoms with E-state index in [0.717, 1.165) is 16.5 Å². The number of halogens is 1. The summed E-state index contributed by atoms with van der Waals surface area (Å²) in [6.45, 7) is 4.43. The predicted molar refractivity (Wildman–Crippen MR) is 102 cm³/mol. The molecule has 3 heteroatoms. The van der Waals surface area contributed by atoms with Crippen LogP contribution in [0, 0.1) is 18.7 Å². The minimum atomic E-state index is -0.178. The lowest BCUT2D eigenvalue weighted by Gasteiger charge is -2.15. The number of anilines is 1. The van der Waals surface area contributed by atoms with Gasteiger partial charge in [0, 0.05) is 10.6 Å². The number of hydrogen-bond acceptors (Lipinski definition) is 2. The number of benzene rings is 2. The number of rotatable bonds is 1.